The van der Waals surface area contributed by atoms with Crippen LogP contribution < -0.4 is 4.72 Å². The number of hydrogen-bond donors (Lipinski definition) is 1. The molecule has 1 aromatic rings. The molecule has 0 bridgehead atoms. The van der Waals surface area contributed by atoms with Gasteiger partial charge in [-0.2, -0.15) is 0 Å². The maximum atomic E-state index is 12.4. The number of sulfonamides is 1. The van der Waals surface area contributed by atoms with Crippen LogP contribution in [0.5, 0.6) is 0 Å². The zero-order valence-corrected chi connectivity index (χ0v) is 13.7. The summed E-state index contributed by atoms with van der Waals surface area (Å²) in [5, 5.41) is 0.759. The highest BCUT2D eigenvalue weighted by Crippen LogP contribution is 2.20. The molecule has 0 atom stereocenters. The molecule has 0 saturated heterocycles. The number of nitrogens with one attached hydrogen (secondary N) is 1. The van der Waals surface area contributed by atoms with Gasteiger partial charge in [-0.1, -0.05) is 28.1 Å². The lowest BCUT2D eigenvalue weighted by molar-refractivity contribution is 0.443. The van der Waals surface area contributed by atoms with Crippen LogP contribution in [0.1, 0.15) is 31.4 Å². The molecule has 0 aliphatic carbocycles. The molecule has 0 fully saturated rings. The molecule has 3 nitrogen and oxygen atoms in total. The highest BCUT2D eigenvalue weighted by atomic mass is 79.9. The lowest BCUT2D eigenvalue weighted by atomic mass is 10.0. The third-order valence-electron chi connectivity index (χ3n) is 2.76. The van der Waals surface area contributed by atoms with Crippen LogP contribution in [0.15, 0.2) is 23.1 Å². The summed E-state index contributed by atoms with van der Waals surface area (Å²) in [6.07, 6.45) is 0.733. The monoisotopic (exact) mass is 333 g/mol. The van der Waals surface area contributed by atoms with Crippen molar-refractivity contribution in [2.75, 3.05) is 5.33 Å². The second-order valence-electron chi connectivity index (χ2n) is 5.20. The Bertz CT molecular complexity index is 524. The average Bonchev–Trinajstić information content (AvgIpc) is 2.19. The first-order valence-corrected chi connectivity index (χ1v) is 8.46. The van der Waals surface area contributed by atoms with Crippen molar-refractivity contribution in [1.29, 1.82) is 0 Å². The molecule has 0 unspecified atom stereocenters. The molecule has 0 aromatic heterocycles. The predicted octanol–water partition coefficient (Wildman–Crippen LogP) is 3.15. The summed E-state index contributed by atoms with van der Waals surface area (Å²) in [5.41, 5.74) is 1.25. The highest BCUT2D eigenvalue weighted by Gasteiger charge is 2.26. The van der Waals surface area contributed by atoms with E-state index in [0.717, 1.165) is 22.9 Å². The first-order valence-electron chi connectivity index (χ1n) is 5.85. The van der Waals surface area contributed by atoms with Gasteiger partial charge in [-0.3, -0.25) is 0 Å². The summed E-state index contributed by atoms with van der Waals surface area (Å²) in [6, 6.07) is 5.46. The van der Waals surface area contributed by atoms with E-state index in [1.165, 1.54) is 0 Å². The molecule has 0 saturated carbocycles. The van der Waals surface area contributed by atoms with E-state index in [0.29, 0.717) is 4.90 Å². The van der Waals surface area contributed by atoms with Crippen molar-refractivity contribution in [2.24, 2.45) is 0 Å². The number of hydrogen-bond acceptors (Lipinski definition) is 2. The van der Waals surface area contributed by atoms with Crippen LogP contribution in [-0.2, 0) is 10.0 Å². The van der Waals surface area contributed by atoms with Crippen molar-refractivity contribution in [2.45, 2.75) is 44.6 Å². The second-order valence-corrected chi connectivity index (χ2v) is 7.64. The van der Waals surface area contributed by atoms with E-state index in [4.69, 9.17) is 0 Å². The van der Waals surface area contributed by atoms with Gasteiger partial charge in [0.1, 0.15) is 0 Å². The second kappa shape index (κ2) is 5.72. The van der Waals surface area contributed by atoms with Crippen LogP contribution in [-0.4, -0.2) is 19.3 Å². The van der Waals surface area contributed by atoms with E-state index >= 15 is 0 Å². The van der Waals surface area contributed by atoms with Gasteiger partial charge in [0.2, 0.25) is 10.0 Å². The number of aryl methyl sites for hydroxylation is 2. The molecule has 102 valence electrons. The molecule has 18 heavy (non-hydrogen) atoms. The van der Waals surface area contributed by atoms with E-state index in [-0.39, 0.29) is 0 Å². The third kappa shape index (κ3) is 4.07. The summed E-state index contributed by atoms with van der Waals surface area (Å²) in [7, 11) is -3.46. The summed E-state index contributed by atoms with van der Waals surface area (Å²) in [5.74, 6) is 0. The van der Waals surface area contributed by atoms with E-state index in [1.54, 1.807) is 6.07 Å². The number of benzene rings is 1. The predicted molar refractivity (Wildman–Crippen MR) is 78.7 cm³/mol. The fraction of sp³-hybridized carbons (Fsp3) is 0.538. The summed E-state index contributed by atoms with van der Waals surface area (Å²) in [6.45, 7) is 7.47. The Morgan fingerprint density at radius 2 is 1.89 bits per heavy atom. The van der Waals surface area contributed by atoms with E-state index in [9.17, 15) is 8.42 Å². The summed E-state index contributed by atoms with van der Waals surface area (Å²) < 4.78 is 27.5. The van der Waals surface area contributed by atoms with Gasteiger partial charge in [-0.25, -0.2) is 13.1 Å². The molecule has 0 radical (unpaired) electrons. The van der Waals surface area contributed by atoms with Crippen molar-refractivity contribution in [3.63, 3.8) is 0 Å². The Morgan fingerprint density at radius 1 is 1.28 bits per heavy atom. The minimum absolute atomic E-state index is 0.366. The molecule has 1 rings (SSSR count). The maximum Gasteiger partial charge on any atom is 0.241 e. The molecule has 0 amide bonds. The van der Waals surface area contributed by atoms with Gasteiger partial charge in [0.05, 0.1) is 4.90 Å². The Hall–Kier alpha value is -0.390. The van der Waals surface area contributed by atoms with Crippen molar-refractivity contribution < 1.29 is 8.42 Å². The molecule has 0 heterocycles. The SMILES string of the molecule is Cc1ccc(C)c(S(=O)(=O)NC(C)(C)CCBr)c1. The number of alkyl halides is 1. The average molecular weight is 334 g/mol. The molecular formula is C13H20BrNO2S. The van der Waals surface area contributed by atoms with Gasteiger partial charge < -0.3 is 0 Å². The zero-order chi connectivity index (χ0) is 14.0. The van der Waals surface area contributed by atoms with E-state index < -0.39 is 15.6 Å². The van der Waals surface area contributed by atoms with Crippen LogP contribution >= 0.6 is 15.9 Å². The van der Waals surface area contributed by atoms with Gasteiger partial charge >= 0.3 is 0 Å². The smallest absolute Gasteiger partial charge is 0.207 e. The Morgan fingerprint density at radius 3 is 2.44 bits per heavy atom. The van der Waals surface area contributed by atoms with E-state index in [2.05, 4.69) is 20.7 Å². The standard InChI is InChI=1S/C13H20BrNO2S/c1-10-5-6-11(2)12(9-10)18(16,17)15-13(3,4)7-8-14/h5-6,9,15H,7-8H2,1-4H3. The van der Waals surface area contributed by atoms with Crippen molar-refractivity contribution in [3.05, 3.63) is 29.3 Å². The Balaban J connectivity index is 3.11. The first kappa shape index (κ1) is 15.7. The first-order chi connectivity index (χ1) is 8.18. The summed E-state index contributed by atoms with van der Waals surface area (Å²) in [4.78, 5) is 0.366. The van der Waals surface area contributed by atoms with Gasteiger partial charge in [-0.05, 0) is 51.3 Å². The third-order valence-corrected chi connectivity index (χ3v) is 5.00. The van der Waals surface area contributed by atoms with E-state index in [1.807, 2.05) is 39.8 Å². The van der Waals surface area contributed by atoms with Gasteiger partial charge in [0.15, 0.2) is 0 Å². The maximum absolute atomic E-state index is 12.4. The fourth-order valence-electron chi connectivity index (χ4n) is 1.70. The van der Waals surface area contributed by atoms with Gasteiger partial charge in [-0.15, -0.1) is 0 Å². The normalized spacial score (nSPS) is 12.7. The quantitative estimate of drug-likeness (QED) is 0.841. The van der Waals surface area contributed by atoms with Crippen LogP contribution in [0.4, 0.5) is 0 Å². The lowest BCUT2D eigenvalue weighted by Gasteiger charge is -2.25. The van der Waals surface area contributed by atoms with Crippen LogP contribution in [0, 0.1) is 13.8 Å². The molecule has 0 aliphatic rings. The number of halogens is 1. The number of rotatable bonds is 5. The molecule has 0 spiro atoms. The highest BCUT2D eigenvalue weighted by molar-refractivity contribution is 9.09. The molecular weight excluding hydrogens is 314 g/mol. The largest absolute Gasteiger partial charge is 0.241 e. The lowest BCUT2D eigenvalue weighted by Crippen LogP contribution is -2.43. The molecule has 1 aromatic carbocycles. The van der Waals surface area contributed by atoms with Crippen LogP contribution in [0.3, 0.4) is 0 Å². The van der Waals surface area contributed by atoms with Gasteiger partial charge in [0, 0.05) is 10.9 Å². The zero-order valence-electron chi connectivity index (χ0n) is 11.2. The summed E-state index contributed by atoms with van der Waals surface area (Å²) >= 11 is 3.34. The van der Waals surface area contributed by atoms with Crippen LogP contribution in [0.25, 0.3) is 0 Å². The molecule has 1 N–H and O–H groups in total. The minimum atomic E-state index is -3.46. The Labute approximate surface area is 118 Å². The van der Waals surface area contributed by atoms with Crippen molar-refractivity contribution >= 4 is 26.0 Å². The fourth-order valence-corrected chi connectivity index (χ4v) is 4.47. The van der Waals surface area contributed by atoms with Crippen molar-refractivity contribution in [3.8, 4) is 0 Å². The molecule has 0 aliphatic heterocycles. The van der Waals surface area contributed by atoms with Crippen LogP contribution in [0.2, 0.25) is 0 Å². The molecule has 5 heteroatoms. The van der Waals surface area contributed by atoms with Gasteiger partial charge in [0.25, 0.3) is 0 Å². The van der Waals surface area contributed by atoms with Crippen molar-refractivity contribution in [1.82, 2.24) is 4.72 Å². The topological polar surface area (TPSA) is 46.2 Å². The minimum Gasteiger partial charge on any atom is -0.207 e. The Kier molecular flexibility index (Phi) is 4.98.